The Balaban J connectivity index is 2.21. The van der Waals surface area contributed by atoms with Gasteiger partial charge in [0, 0.05) is 12.5 Å². The smallest absolute Gasteiger partial charge is 0.168 e. The van der Waals surface area contributed by atoms with Crippen LogP contribution in [-0.2, 0) is 6.54 Å². The Morgan fingerprint density at radius 3 is 3.00 bits per heavy atom. The van der Waals surface area contributed by atoms with E-state index in [-0.39, 0.29) is 0 Å². The van der Waals surface area contributed by atoms with Gasteiger partial charge < -0.3 is 4.57 Å². The Bertz CT molecular complexity index is 326. The standard InChI is InChI=1S/C11H16N2O/c1-2-3-6-13-10(8-14)7-12-11(13)9-4-5-9/h7-9H,2-6H2,1H3. The van der Waals surface area contributed by atoms with E-state index in [0.717, 1.165) is 37.2 Å². The number of carbonyl (C=O) groups excluding carboxylic acids is 1. The first kappa shape index (κ1) is 9.44. The number of unbranched alkanes of at least 4 members (excludes halogenated alkanes) is 1. The summed E-state index contributed by atoms with van der Waals surface area (Å²) < 4.78 is 2.09. The Labute approximate surface area is 84.1 Å². The van der Waals surface area contributed by atoms with Crippen molar-refractivity contribution < 1.29 is 4.79 Å². The van der Waals surface area contributed by atoms with Crippen LogP contribution < -0.4 is 0 Å². The topological polar surface area (TPSA) is 34.9 Å². The summed E-state index contributed by atoms with van der Waals surface area (Å²) in [6, 6.07) is 0. The van der Waals surface area contributed by atoms with Crippen molar-refractivity contribution >= 4 is 6.29 Å². The third-order valence-electron chi connectivity index (χ3n) is 2.72. The maximum absolute atomic E-state index is 10.8. The Kier molecular flexibility index (Phi) is 2.66. The van der Waals surface area contributed by atoms with Crippen molar-refractivity contribution in [3.63, 3.8) is 0 Å². The third kappa shape index (κ3) is 1.72. The molecule has 0 unspecified atom stereocenters. The molecule has 2 rings (SSSR count). The van der Waals surface area contributed by atoms with Crippen molar-refractivity contribution in [3.05, 3.63) is 17.7 Å². The summed E-state index contributed by atoms with van der Waals surface area (Å²) in [7, 11) is 0. The molecular weight excluding hydrogens is 176 g/mol. The third-order valence-corrected chi connectivity index (χ3v) is 2.72. The van der Waals surface area contributed by atoms with Crippen molar-refractivity contribution in [3.8, 4) is 0 Å². The van der Waals surface area contributed by atoms with Gasteiger partial charge in [0.25, 0.3) is 0 Å². The average molecular weight is 192 g/mol. The van der Waals surface area contributed by atoms with Gasteiger partial charge in [-0.1, -0.05) is 13.3 Å². The highest BCUT2D eigenvalue weighted by atomic mass is 16.1. The van der Waals surface area contributed by atoms with E-state index in [4.69, 9.17) is 0 Å². The molecule has 0 bridgehead atoms. The van der Waals surface area contributed by atoms with Crippen molar-refractivity contribution in [2.75, 3.05) is 0 Å². The van der Waals surface area contributed by atoms with Gasteiger partial charge in [-0.2, -0.15) is 0 Å². The number of rotatable bonds is 5. The summed E-state index contributed by atoms with van der Waals surface area (Å²) >= 11 is 0. The minimum absolute atomic E-state index is 0.626. The highest BCUT2D eigenvalue weighted by Crippen LogP contribution is 2.39. The first-order chi connectivity index (χ1) is 6.86. The normalized spacial score (nSPS) is 15.8. The molecule has 1 aliphatic carbocycles. The molecule has 0 aromatic carbocycles. The second-order valence-corrected chi connectivity index (χ2v) is 3.94. The summed E-state index contributed by atoms with van der Waals surface area (Å²) in [6.45, 7) is 3.10. The minimum atomic E-state index is 0.626. The molecule has 3 heteroatoms. The zero-order valence-corrected chi connectivity index (χ0v) is 8.57. The lowest BCUT2D eigenvalue weighted by Crippen LogP contribution is -2.06. The monoisotopic (exact) mass is 192 g/mol. The lowest BCUT2D eigenvalue weighted by molar-refractivity contribution is 0.111. The first-order valence-electron chi connectivity index (χ1n) is 5.37. The second-order valence-electron chi connectivity index (χ2n) is 3.94. The van der Waals surface area contributed by atoms with Gasteiger partial charge in [-0.3, -0.25) is 4.79 Å². The number of imidazole rings is 1. The van der Waals surface area contributed by atoms with E-state index < -0.39 is 0 Å². The van der Waals surface area contributed by atoms with Gasteiger partial charge in [-0.05, 0) is 19.3 Å². The first-order valence-corrected chi connectivity index (χ1v) is 5.37. The van der Waals surface area contributed by atoms with E-state index in [1.807, 2.05) is 0 Å². The Morgan fingerprint density at radius 1 is 1.64 bits per heavy atom. The fraction of sp³-hybridized carbons (Fsp3) is 0.636. The molecule has 1 saturated carbocycles. The Morgan fingerprint density at radius 2 is 2.43 bits per heavy atom. The van der Waals surface area contributed by atoms with Gasteiger partial charge in [0.05, 0.1) is 6.20 Å². The number of aldehydes is 1. The minimum Gasteiger partial charge on any atom is -0.326 e. The molecule has 1 aromatic rings. The number of hydrogen-bond acceptors (Lipinski definition) is 2. The number of nitrogens with zero attached hydrogens (tertiary/aromatic N) is 2. The maximum atomic E-state index is 10.8. The molecule has 14 heavy (non-hydrogen) atoms. The molecule has 0 atom stereocenters. The number of aromatic nitrogens is 2. The van der Waals surface area contributed by atoms with Gasteiger partial charge in [0.15, 0.2) is 6.29 Å². The molecule has 0 spiro atoms. The van der Waals surface area contributed by atoms with Crippen LogP contribution in [0.3, 0.4) is 0 Å². The van der Waals surface area contributed by atoms with Gasteiger partial charge in [-0.15, -0.1) is 0 Å². The van der Waals surface area contributed by atoms with E-state index in [0.29, 0.717) is 5.92 Å². The van der Waals surface area contributed by atoms with Crippen molar-refractivity contribution in [1.82, 2.24) is 9.55 Å². The van der Waals surface area contributed by atoms with E-state index in [1.165, 1.54) is 12.8 Å². The van der Waals surface area contributed by atoms with Crippen LogP contribution in [0.5, 0.6) is 0 Å². The molecule has 0 saturated heterocycles. The molecule has 0 radical (unpaired) electrons. The summed E-state index contributed by atoms with van der Waals surface area (Å²) in [5.74, 6) is 1.75. The van der Waals surface area contributed by atoms with E-state index in [2.05, 4.69) is 16.5 Å². The molecule has 1 heterocycles. The molecular formula is C11H16N2O. The highest BCUT2D eigenvalue weighted by Gasteiger charge is 2.28. The molecule has 0 N–H and O–H groups in total. The van der Waals surface area contributed by atoms with E-state index in [1.54, 1.807) is 6.20 Å². The van der Waals surface area contributed by atoms with Crippen LogP contribution in [0.15, 0.2) is 6.20 Å². The summed E-state index contributed by atoms with van der Waals surface area (Å²) in [4.78, 5) is 15.1. The lowest BCUT2D eigenvalue weighted by Gasteiger charge is -2.07. The molecule has 1 fully saturated rings. The zero-order valence-electron chi connectivity index (χ0n) is 8.57. The lowest BCUT2D eigenvalue weighted by atomic mass is 10.3. The van der Waals surface area contributed by atoms with Crippen LogP contribution in [-0.4, -0.2) is 15.8 Å². The predicted molar refractivity (Wildman–Crippen MR) is 54.5 cm³/mol. The van der Waals surface area contributed by atoms with Gasteiger partial charge in [0.1, 0.15) is 11.5 Å². The fourth-order valence-corrected chi connectivity index (χ4v) is 1.73. The zero-order chi connectivity index (χ0) is 9.97. The quantitative estimate of drug-likeness (QED) is 0.671. The van der Waals surface area contributed by atoms with Crippen molar-refractivity contribution in [2.45, 2.75) is 45.1 Å². The molecule has 3 nitrogen and oxygen atoms in total. The van der Waals surface area contributed by atoms with Crippen LogP contribution in [0.2, 0.25) is 0 Å². The summed E-state index contributed by atoms with van der Waals surface area (Å²) in [6.07, 6.45) is 7.37. The summed E-state index contributed by atoms with van der Waals surface area (Å²) in [5, 5.41) is 0. The van der Waals surface area contributed by atoms with E-state index >= 15 is 0 Å². The molecule has 0 aliphatic heterocycles. The van der Waals surface area contributed by atoms with Crippen LogP contribution in [0, 0.1) is 0 Å². The van der Waals surface area contributed by atoms with Crippen LogP contribution in [0.1, 0.15) is 54.8 Å². The van der Waals surface area contributed by atoms with Crippen LogP contribution in [0.25, 0.3) is 0 Å². The Hall–Kier alpha value is -1.12. The largest absolute Gasteiger partial charge is 0.326 e. The van der Waals surface area contributed by atoms with Crippen LogP contribution >= 0.6 is 0 Å². The highest BCUT2D eigenvalue weighted by molar-refractivity contribution is 5.71. The maximum Gasteiger partial charge on any atom is 0.168 e. The van der Waals surface area contributed by atoms with Crippen molar-refractivity contribution in [1.29, 1.82) is 0 Å². The van der Waals surface area contributed by atoms with Gasteiger partial charge in [-0.25, -0.2) is 4.98 Å². The van der Waals surface area contributed by atoms with Crippen LogP contribution in [0.4, 0.5) is 0 Å². The second kappa shape index (κ2) is 3.95. The molecule has 0 amide bonds. The van der Waals surface area contributed by atoms with E-state index in [9.17, 15) is 4.79 Å². The molecule has 1 aliphatic rings. The molecule has 1 aromatic heterocycles. The molecule has 76 valence electrons. The fourth-order valence-electron chi connectivity index (χ4n) is 1.73. The van der Waals surface area contributed by atoms with Gasteiger partial charge >= 0.3 is 0 Å². The van der Waals surface area contributed by atoms with Crippen molar-refractivity contribution in [2.24, 2.45) is 0 Å². The number of hydrogen-bond donors (Lipinski definition) is 0. The average Bonchev–Trinajstić information content (AvgIpc) is 2.96. The van der Waals surface area contributed by atoms with Gasteiger partial charge in [0.2, 0.25) is 0 Å². The SMILES string of the molecule is CCCCn1c(C=O)cnc1C1CC1. The number of carbonyl (C=O) groups is 1. The summed E-state index contributed by atoms with van der Waals surface area (Å²) in [5.41, 5.74) is 0.736. The predicted octanol–water partition coefficient (Wildman–Crippen LogP) is 2.37.